The molecule has 6 heteroatoms. The van der Waals surface area contributed by atoms with Crippen molar-refractivity contribution < 1.29 is 4.79 Å². The zero-order chi connectivity index (χ0) is 17.1. The van der Waals surface area contributed by atoms with Crippen molar-refractivity contribution >= 4 is 22.8 Å². The molecule has 6 nitrogen and oxygen atoms in total. The van der Waals surface area contributed by atoms with Crippen molar-refractivity contribution in [3.05, 3.63) is 54.4 Å². The van der Waals surface area contributed by atoms with Gasteiger partial charge in [-0.15, -0.1) is 0 Å². The number of carbonyl (C=O) groups is 1. The van der Waals surface area contributed by atoms with Crippen LogP contribution in [0.3, 0.4) is 0 Å². The van der Waals surface area contributed by atoms with Crippen molar-refractivity contribution in [3.8, 4) is 0 Å². The van der Waals surface area contributed by atoms with Crippen LogP contribution in [0.1, 0.15) is 25.5 Å². The number of rotatable bonds is 4. The third kappa shape index (κ3) is 3.37. The van der Waals surface area contributed by atoms with E-state index in [0.29, 0.717) is 12.2 Å². The van der Waals surface area contributed by atoms with Crippen molar-refractivity contribution in [1.29, 1.82) is 0 Å². The molecule has 0 saturated heterocycles. The molecular formula is C18H21N5O. The van der Waals surface area contributed by atoms with E-state index in [2.05, 4.69) is 29.2 Å². The number of anilines is 1. The number of hydrogen-bond donors (Lipinski definition) is 1. The number of fused-ring (bicyclic) bond motifs is 1. The van der Waals surface area contributed by atoms with Gasteiger partial charge < -0.3 is 10.2 Å². The largest absolute Gasteiger partial charge is 0.323 e. The number of aromatic nitrogens is 3. The summed E-state index contributed by atoms with van der Waals surface area (Å²) >= 11 is 0. The number of pyridine rings is 1. The molecule has 3 rings (SSSR count). The third-order valence-corrected chi connectivity index (χ3v) is 3.78. The summed E-state index contributed by atoms with van der Waals surface area (Å²) < 4.78 is 1.86. The van der Waals surface area contributed by atoms with Crippen molar-refractivity contribution in [2.24, 2.45) is 0 Å². The zero-order valence-corrected chi connectivity index (χ0v) is 14.1. The molecule has 0 aliphatic rings. The average molecular weight is 323 g/mol. The highest BCUT2D eigenvalue weighted by atomic mass is 16.2. The van der Waals surface area contributed by atoms with E-state index in [9.17, 15) is 4.79 Å². The minimum Gasteiger partial charge on any atom is -0.323 e. The number of benzene rings is 1. The van der Waals surface area contributed by atoms with Crippen LogP contribution < -0.4 is 5.32 Å². The highest BCUT2D eigenvalue weighted by molar-refractivity contribution is 5.91. The second-order valence-corrected chi connectivity index (χ2v) is 6.09. The molecular weight excluding hydrogens is 302 g/mol. The third-order valence-electron chi connectivity index (χ3n) is 3.78. The predicted octanol–water partition coefficient (Wildman–Crippen LogP) is 3.68. The number of nitrogens with zero attached hydrogens (tertiary/aromatic N) is 4. The smallest absolute Gasteiger partial charge is 0.321 e. The fourth-order valence-electron chi connectivity index (χ4n) is 2.53. The van der Waals surface area contributed by atoms with E-state index >= 15 is 0 Å². The van der Waals surface area contributed by atoms with Crippen molar-refractivity contribution in [3.63, 3.8) is 0 Å². The quantitative estimate of drug-likeness (QED) is 0.796. The second kappa shape index (κ2) is 6.70. The molecule has 0 saturated carbocycles. The number of urea groups is 1. The SMILES string of the molecule is CC(C)n1ncc2cc(NC(=O)N(C)Cc3ccccc3)cnc21. The summed E-state index contributed by atoms with van der Waals surface area (Å²) in [6.07, 6.45) is 3.43. The summed E-state index contributed by atoms with van der Waals surface area (Å²) in [5.74, 6) is 0. The maximum Gasteiger partial charge on any atom is 0.321 e. The lowest BCUT2D eigenvalue weighted by atomic mass is 10.2. The van der Waals surface area contributed by atoms with Crippen LogP contribution in [0.25, 0.3) is 11.0 Å². The maximum atomic E-state index is 12.3. The molecule has 2 aromatic heterocycles. The van der Waals surface area contributed by atoms with Gasteiger partial charge in [0.25, 0.3) is 0 Å². The lowest BCUT2D eigenvalue weighted by molar-refractivity contribution is 0.220. The first-order valence-corrected chi connectivity index (χ1v) is 7.94. The number of hydrogen-bond acceptors (Lipinski definition) is 3. The normalized spacial score (nSPS) is 11.0. The molecule has 0 spiro atoms. The molecule has 24 heavy (non-hydrogen) atoms. The maximum absolute atomic E-state index is 12.3. The molecule has 3 aromatic rings. The number of amides is 2. The molecule has 0 fully saturated rings. The van der Waals surface area contributed by atoms with Crippen LogP contribution in [0.15, 0.2) is 48.8 Å². The van der Waals surface area contributed by atoms with Crippen molar-refractivity contribution in [2.45, 2.75) is 26.4 Å². The lowest BCUT2D eigenvalue weighted by Gasteiger charge is -2.18. The summed E-state index contributed by atoms with van der Waals surface area (Å²) in [4.78, 5) is 18.4. The fourth-order valence-corrected chi connectivity index (χ4v) is 2.53. The van der Waals surface area contributed by atoms with E-state index in [1.165, 1.54) is 0 Å². The molecule has 0 aliphatic heterocycles. The Balaban J connectivity index is 1.71. The van der Waals surface area contributed by atoms with Crippen LogP contribution >= 0.6 is 0 Å². The summed E-state index contributed by atoms with van der Waals surface area (Å²) in [6, 6.07) is 11.8. The summed E-state index contributed by atoms with van der Waals surface area (Å²) in [6.45, 7) is 4.67. The van der Waals surface area contributed by atoms with Crippen LogP contribution in [-0.2, 0) is 6.54 Å². The Bertz CT molecular complexity index is 841. The van der Waals surface area contributed by atoms with Gasteiger partial charge in [-0.1, -0.05) is 30.3 Å². The van der Waals surface area contributed by atoms with Gasteiger partial charge in [-0.05, 0) is 25.5 Å². The molecule has 124 valence electrons. The van der Waals surface area contributed by atoms with Gasteiger partial charge in [0.05, 0.1) is 18.1 Å². The molecule has 0 bridgehead atoms. The Morgan fingerprint density at radius 3 is 2.71 bits per heavy atom. The van der Waals surface area contributed by atoms with E-state index in [-0.39, 0.29) is 12.1 Å². The van der Waals surface area contributed by atoms with Gasteiger partial charge in [0, 0.05) is 25.0 Å². The van der Waals surface area contributed by atoms with Gasteiger partial charge in [-0.3, -0.25) is 0 Å². The second-order valence-electron chi connectivity index (χ2n) is 6.09. The summed E-state index contributed by atoms with van der Waals surface area (Å²) in [5.41, 5.74) is 2.57. The van der Waals surface area contributed by atoms with Gasteiger partial charge >= 0.3 is 6.03 Å². The van der Waals surface area contributed by atoms with Crippen LogP contribution in [0.2, 0.25) is 0 Å². The van der Waals surface area contributed by atoms with Crippen molar-refractivity contribution in [1.82, 2.24) is 19.7 Å². The van der Waals surface area contributed by atoms with E-state index < -0.39 is 0 Å². The van der Waals surface area contributed by atoms with Gasteiger partial charge in [-0.25, -0.2) is 14.5 Å². The highest BCUT2D eigenvalue weighted by Crippen LogP contribution is 2.19. The Labute approximate surface area is 141 Å². The average Bonchev–Trinajstić information content (AvgIpc) is 2.99. The topological polar surface area (TPSA) is 63.1 Å². The molecule has 1 aromatic carbocycles. The first-order valence-electron chi connectivity index (χ1n) is 7.94. The van der Waals surface area contributed by atoms with Crippen LogP contribution in [0.5, 0.6) is 0 Å². The van der Waals surface area contributed by atoms with E-state index in [0.717, 1.165) is 16.6 Å². The monoisotopic (exact) mass is 323 g/mol. The molecule has 2 heterocycles. The van der Waals surface area contributed by atoms with Crippen LogP contribution in [0, 0.1) is 0 Å². The first-order chi connectivity index (χ1) is 11.5. The molecule has 0 radical (unpaired) electrons. The van der Waals surface area contributed by atoms with Gasteiger partial charge in [0.15, 0.2) is 5.65 Å². The zero-order valence-electron chi connectivity index (χ0n) is 14.1. The van der Waals surface area contributed by atoms with E-state index in [4.69, 9.17) is 0 Å². The predicted molar refractivity (Wildman–Crippen MR) is 94.8 cm³/mol. The van der Waals surface area contributed by atoms with Crippen molar-refractivity contribution in [2.75, 3.05) is 12.4 Å². The Morgan fingerprint density at radius 1 is 1.25 bits per heavy atom. The van der Waals surface area contributed by atoms with Gasteiger partial charge in [-0.2, -0.15) is 5.10 Å². The Kier molecular flexibility index (Phi) is 4.46. The first kappa shape index (κ1) is 16.0. The number of carbonyl (C=O) groups excluding carboxylic acids is 1. The minimum absolute atomic E-state index is 0.170. The molecule has 2 amide bonds. The standard InChI is InChI=1S/C18H21N5O/c1-13(2)23-17-15(10-20-23)9-16(11-19-17)21-18(24)22(3)12-14-7-5-4-6-8-14/h4-11,13H,12H2,1-3H3,(H,21,24). The summed E-state index contributed by atoms with van der Waals surface area (Å²) in [7, 11) is 1.77. The lowest BCUT2D eigenvalue weighted by Crippen LogP contribution is -2.30. The van der Waals surface area contributed by atoms with E-state index in [1.54, 1.807) is 24.3 Å². The fraction of sp³-hybridized carbons (Fsp3) is 0.278. The van der Waals surface area contributed by atoms with Crippen LogP contribution in [0.4, 0.5) is 10.5 Å². The summed E-state index contributed by atoms with van der Waals surface area (Å²) in [5, 5.41) is 8.13. The molecule has 0 aliphatic carbocycles. The minimum atomic E-state index is -0.170. The van der Waals surface area contributed by atoms with Gasteiger partial charge in [0.1, 0.15) is 0 Å². The molecule has 1 N–H and O–H groups in total. The Hall–Kier alpha value is -2.89. The Morgan fingerprint density at radius 2 is 2.00 bits per heavy atom. The van der Waals surface area contributed by atoms with Gasteiger partial charge in [0.2, 0.25) is 0 Å². The number of nitrogens with one attached hydrogen (secondary N) is 1. The van der Waals surface area contributed by atoms with Crippen LogP contribution in [-0.4, -0.2) is 32.7 Å². The van der Waals surface area contributed by atoms with E-state index in [1.807, 2.05) is 41.1 Å². The molecule has 0 atom stereocenters. The molecule has 0 unspecified atom stereocenters. The highest BCUT2D eigenvalue weighted by Gasteiger charge is 2.12.